The van der Waals surface area contributed by atoms with Gasteiger partial charge >= 0.3 is 0 Å². The van der Waals surface area contributed by atoms with Crippen LogP contribution in [0.25, 0.3) is 0 Å². The zero-order valence-corrected chi connectivity index (χ0v) is 14.5. The predicted molar refractivity (Wildman–Crippen MR) is 96.6 cm³/mol. The molecule has 0 N–H and O–H groups in total. The van der Waals surface area contributed by atoms with E-state index < -0.39 is 0 Å². The van der Waals surface area contributed by atoms with Crippen molar-refractivity contribution in [3.8, 4) is 11.5 Å². The molecule has 0 spiro atoms. The number of benzene rings is 2. The predicted octanol–water partition coefficient (Wildman–Crippen LogP) is 5.81. The molecule has 2 aromatic rings. The minimum Gasteiger partial charge on any atom is -0.494 e. The summed E-state index contributed by atoms with van der Waals surface area (Å²) in [7, 11) is 0. The third-order valence-corrected chi connectivity index (χ3v) is 3.87. The van der Waals surface area contributed by atoms with Crippen LogP contribution in [0.3, 0.4) is 0 Å². The van der Waals surface area contributed by atoms with Gasteiger partial charge in [-0.05, 0) is 54.7 Å². The lowest BCUT2D eigenvalue weighted by Gasteiger charge is -2.18. The second kappa shape index (κ2) is 9.24. The molecule has 0 radical (unpaired) electrons. The molecule has 0 unspecified atom stereocenters. The van der Waals surface area contributed by atoms with Gasteiger partial charge in [0.25, 0.3) is 0 Å². The second-order valence-electron chi connectivity index (χ2n) is 5.80. The van der Waals surface area contributed by atoms with E-state index in [1.165, 1.54) is 11.1 Å². The summed E-state index contributed by atoms with van der Waals surface area (Å²) in [6.07, 6.45) is 3.10. The Morgan fingerprint density at radius 1 is 0.739 bits per heavy atom. The summed E-state index contributed by atoms with van der Waals surface area (Å²) in [5.74, 6) is 2.28. The minimum absolute atomic E-state index is 0.366. The molecule has 0 saturated carbocycles. The number of ether oxygens (including phenoxy) is 2. The standard InChI is InChI=1S/C21H28O2/c1-4-13-22-19-11-7-9-17(15-19)21(6-3)18-10-8-12-20(16-18)23-14-5-2/h7-12,15-16,21H,4-6,13-14H2,1-3H3. The first kappa shape index (κ1) is 17.4. The third kappa shape index (κ3) is 5.02. The largest absolute Gasteiger partial charge is 0.494 e. The highest BCUT2D eigenvalue weighted by Crippen LogP contribution is 2.31. The van der Waals surface area contributed by atoms with E-state index in [0.717, 1.165) is 44.0 Å². The Bertz CT molecular complexity index is 540. The van der Waals surface area contributed by atoms with E-state index in [4.69, 9.17) is 9.47 Å². The van der Waals surface area contributed by atoms with Gasteiger partial charge in [0.2, 0.25) is 0 Å². The summed E-state index contributed by atoms with van der Waals surface area (Å²) < 4.78 is 11.6. The van der Waals surface area contributed by atoms with Crippen LogP contribution in [0.1, 0.15) is 57.1 Å². The highest BCUT2D eigenvalue weighted by atomic mass is 16.5. The van der Waals surface area contributed by atoms with E-state index in [2.05, 4.69) is 57.2 Å². The van der Waals surface area contributed by atoms with Crippen LogP contribution in [0.15, 0.2) is 48.5 Å². The summed E-state index contributed by atoms with van der Waals surface area (Å²) in [6, 6.07) is 17.0. The Morgan fingerprint density at radius 3 is 1.61 bits per heavy atom. The molecule has 2 heteroatoms. The Morgan fingerprint density at radius 2 is 1.22 bits per heavy atom. The fourth-order valence-corrected chi connectivity index (χ4v) is 2.75. The van der Waals surface area contributed by atoms with E-state index in [0.29, 0.717) is 5.92 Å². The van der Waals surface area contributed by atoms with Gasteiger partial charge in [-0.1, -0.05) is 45.0 Å². The van der Waals surface area contributed by atoms with Gasteiger partial charge in [-0.25, -0.2) is 0 Å². The topological polar surface area (TPSA) is 18.5 Å². The van der Waals surface area contributed by atoms with Crippen molar-refractivity contribution >= 4 is 0 Å². The third-order valence-electron chi connectivity index (χ3n) is 3.87. The summed E-state index contributed by atoms with van der Waals surface area (Å²) in [6.45, 7) is 8.01. The molecular weight excluding hydrogens is 284 g/mol. The molecular formula is C21H28O2. The lowest BCUT2D eigenvalue weighted by atomic mass is 9.89. The molecule has 2 rings (SSSR count). The van der Waals surface area contributed by atoms with Crippen molar-refractivity contribution in [2.24, 2.45) is 0 Å². The van der Waals surface area contributed by atoms with Crippen molar-refractivity contribution in [2.75, 3.05) is 13.2 Å². The smallest absolute Gasteiger partial charge is 0.119 e. The number of hydrogen-bond donors (Lipinski definition) is 0. The lowest BCUT2D eigenvalue weighted by molar-refractivity contribution is 0.316. The van der Waals surface area contributed by atoms with Gasteiger partial charge in [0.1, 0.15) is 11.5 Å². The summed E-state index contributed by atoms with van der Waals surface area (Å²) in [4.78, 5) is 0. The van der Waals surface area contributed by atoms with Crippen LogP contribution in [-0.2, 0) is 0 Å². The maximum atomic E-state index is 5.78. The van der Waals surface area contributed by atoms with Crippen LogP contribution in [0, 0.1) is 0 Å². The molecule has 124 valence electrons. The van der Waals surface area contributed by atoms with E-state index in [-0.39, 0.29) is 0 Å². The van der Waals surface area contributed by atoms with Crippen molar-refractivity contribution in [1.82, 2.24) is 0 Å². The van der Waals surface area contributed by atoms with Crippen LogP contribution in [0.4, 0.5) is 0 Å². The SMILES string of the molecule is CCCOc1cccc(C(CC)c2cccc(OCCC)c2)c1. The maximum absolute atomic E-state index is 5.78. The molecule has 0 bridgehead atoms. The van der Waals surface area contributed by atoms with Crippen LogP contribution in [-0.4, -0.2) is 13.2 Å². The zero-order chi connectivity index (χ0) is 16.5. The zero-order valence-electron chi connectivity index (χ0n) is 14.5. The molecule has 0 fully saturated rings. The molecule has 0 aliphatic carbocycles. The van der Waals surface area contributed by atoms with Crippen molar-refractivity contribution in [3.05, 3.63) is 59.7 Å². The van der Waals surface area contributed by atoms with Gasteiger partial charge in [-0.2, -0.15) is 0 Å². The summed E-state index contributed by atoms with van der Waals surface area (Å²) in [5.41, 5.74) is 2.60. The Labute approximate surface area is 140 Å². The quantitative estimate of drug-likeness (QED) is 0.582. The monoisotopic (exact) mass is 312 g/mol. The molecule has 2 aromatic carbocycles. The highest BCUT2D eigenvalue weighted by Gasteiger charge is 2.13. The van der Waals surface area contributed by atoms with Crippen LogP contribution < -0.4 is 9.47 Å². The lowest BCUT2D eigenvalue weighted by Crippen LogP contribution is -2.02. The Hall–Kier alpha value is -1.96. The first-order chi connectivity index (χ1) is 11.3. The average Bonchev–Trinajstić information content (AvgIpc) is 2.59. The molecule has 0 aliphatic rings. The molecule has 0 aliphatic heterocycles. The van der Waals surface area contributed by atoms with Gasteiger partial charge < -0.3 is 9.47 Å². The van der Waals surface area contributed by atoms with Crippen molar-refractivity contribution in [1.29, 1.82) is 0 Å². The molecule has 23 heavy (non-hydrogen) atoms. The Kier molecular flexibility index (Phi) is 6.99. The highest BCUT2D eigenvalue weighted by molar-refractivity contribution is 5.40. The summed E-state index contributed by atoms with van der Waals surface area (Å²) in [5, 5.41) is 0. The summed E-state index contributed by atoms with van der Waals surface area (Å²) >= 11 is 0. The van der Waals surface area contributed by atoms with E-state index >= 15 is 0 Å². The van der Waals surface area contributed by atoms with Crippen LogP contribution >= 0.6 is 0 Å². The first-order valence-corrected chi connectivity index (χ1v) is 8.74. The van der Waals surface area contributed by atoms with E-state index in [1.54, 1.807) is 0 Å². The Balaban J connectivity index is 2.21. The fourth-order valence-electron chi connectivity index (χ4n) is 2.75. The van der Waals surface area contributed by atoms with Gasteiger partial charge in [-0.3, -0.25) is 0 Å². The molecule has 0 amide bonds. The second-order valence-corrected chi connectivity index (χ2v) is 5.80. The molecule has 0 saturated heterocycles. The number of rotatable bonds is 9. The average molecular weight is 312 g/mol. The normalized spacial score (nSPS) is 10.8. The molecule has 2 nitrogen and oxygen atoms in total. The van der Waals surface area contributed by atoms with Crippen molar-refractivity contribution < 1.29 is 9.47 Å². The van der Waals surface area contributed by atoms with Gasteiger partial charge in [0.05, 0.1) is 13.2 Å². The van der Waals surface area contributed by atoms with Crippen molar-refractivity contribution in [3.63, 3.8) is 0 Å². The molecule has 0 aromatic heterocycles. The first-order valence-electron chi connectivity index (χ1n) is 8.74. The van der Waals surface area contributed by atoms with E-state index in [1.807, 2.05) is 12.1 Å². The molecule has 0 heterocycles. The van der Waals surface area contributed by atoms with Gasteiger partial charge in [-0.15, -0.1) is 0 Å². The van der Waals surface area contributed by atoms with Gasteiger partial charge in [0.15, 0.2) is 0 Å². The van der Waals surface area contributed by atoms with Crippen molar-refractivity contribution in [2.45, 2.75) is 46.0 Å². The fraction of sp³-hybridized carbons (Fsp3) is 0.429. The minimum atomic E-state index is 0.366. The van der Waals surface area contributed by atoms with E-state index in [9.17, 15) is 0 Å². The van der Waals surface area contributed by atoms with Crippen LogP contribution in [0.2, 0.25) is 0 Å². The maximum Gasteiger partial charge on any atom is 0.119 e. The molecule has 0 atom stereocenters. The van der Waals surface area contributed by atoms with Crippen LogP contribution in [0.5, 0.6) is 11.5 Å². The number of hydrogen-bond acceptors (Lipinski definition) is 2. The van der Waals surface area contributed by atoms with Gasteiger partial charge in [0, 0.05) is 5.92 Å².